The maximum Gasteiger partial charge on any atom is 0.416 e. The molecule has 332 valence electrons. The molecular formula is C46H34F5N11O4. The van der Waals surface area contributed by atoms with Crippen molar-refractivity contribution in [2.24, 2.45) is 11.5 Å². The van der Waals surface area contributed by atoms with Crippen LogP contribution in [0, 0.1) is 23.0 Å². The van der Waals surface area contributed by atoms with Crippen molar-refractivity contribution in [1.29, 1.82) is 5.26 Å². The fourth-order valence-corrected chi connectivity index (χ4v) is 5.95. The first-order valence-corrected chi connectivity index (χ1v) is 19.4. The van der Waals surface area contributed by atoms with E-state index in [4.69, 9.17) is 26.2 Å². The van der Waals surface area contributed by atoms with E-state index in [0.29, 0.717) is 56.2 Å². The van der Waals surface area contributed by atoms with Crippen LogP contribution in [0.3, 0.4) is 0 Å². The number of rotatable bonds is 10. The van der Waals surface area contributed by atoms with Crippen molar-refractivity contribution in [2.45, 2.75) is 19.3 Å². The first kappa shape index (κ1) is 45.2. The lowest BCUT2D eigenvalue weighted by Crippen LogP contribution is -2.20. The van der Waals surface area contributed by atoms with Crippen molar-refractivity contribution in [3.63, 3.8) is 0 Å². The van der Waals surface area contributed by atoms with Gasteiger partial charge in [-0.1, -0.05) is 6.07 Å². The number of nitrogens with one attached hydrogen (secondary N) is 4. The summed E-state index contributed by atoms with van der Waals surface area (Å²) in [6.07, 6.45) is -1.37. The number of aromatic nitrogens is 4. The number of nitrogens with zero attached hydrogens (tertiary/aromatic N) is 5. The van der Waals surface area contributed by atoms with E-state index in [-0.39, 0.29) is 41.7 Å². The molecule has 8 aromatic rings. The average molecular weight is 900 g/mol. The molecule has 0 radical (unpaired) electrons. The van der Waals surface area contributed by atoms with Gasteiger partial charge in [0.2, 0.25) is 0 Å². The normalized spacial score (nSPS) is 10.9. The number of carbonyl (C=O) groups is 2. The second-order valence-electron chi connectivity index (χ2n) is 13.9. The number of urea groups is 2. The lowest BCUT2D eigenvalue weighted by atomic mass is 10.2. The molecule has 0 fully saturated rings. The Bertz CT molecular complexity index is 3110. The Morgan fingerprint density at radius 2 is 1.03 bits per heavy atom. The van der Waals surface area contributed by atoms with Crippen molar-refractivity contribution in [1.82, 2.24) is 19.9 Å². The van der Waals surface area contributed by atoms with Gasteiger partial charge in [0.15, 0.2) is 23.1 Å². The highest BCUT2D eigenvalue weighted by Gasteiger charge is 2.30. The number of anilines is 4. The minimum Gasteiger partial charge on any atom is -0.454 e. The molecule has 0 spiro atoms. The van der Waals surface area contributed by atoms with Crippen LogP contribution in [0.15, 0.2) is 134 Å². The van der Waals surface area contributed by atoms with Crippen LogP contribution in [0.25, 0.3) is 22.1 Å². The molecule has 4 amide bonds. The number of halogens is 5. The highest BCUT2D eigenvalue weighted by Crippen LogP contribution is 2.32. The summed E-state index contributed by atoms with van der Waals surface area (Å²) in [6, 6.07) is 28.8. The van der Waals surface area contributed by atoms with E-state index in [9.17, 15) is 31.5 Å². The molecule has 0 saturated heterocycles. The Labute approximate surface area is 371 Å². The summed E-state index contributed by atoms with van der Waals surface area (Å²) in [7, 11) is 0. The highest BCUT2D eigenvalue weighted by molar-refractivity contribution is 6.00. The number of nitrogens with two attached hydrogens (primary N) is 2. The number of hydrogen-bond acceptors (Lipinski definition) is 11. The molecule has 66 heavy (non-hydrogen) atoms. The maximum atomic E-state index is 14.6. The van der Waals surface area contributed by atoms with Crippen LogP contribution < -0.4 is 42.2 Å². The van der Waals surface area contributed by atoms with Gasteiger partial charge in [0.25, 0.3) is 0 Å². The van der Waals surface area contributed by atoms with E-state index in [1.54, 1.807) is 73.1 Å². The highest BCUT2D eigenvalue weighted by atomic mass is 19.4. The molecule has 0 unspecified atom stereocenters. The summed E-state index contributed by atoms with van der Waals surface area (Å²) < 4.78 is 78.8. The first-order valence-electron chi connectivity index (χ1n) is 19.4. The van der Waals surface area contributed by atoms with Crippen molar-refractivity contribution < 1.29 is 41.0 Å². The molecule has 0 atom stereocenters. The van der Waals surface area contributed by atoms with Crippen LogP contribution in [0.1, 0.15) is 22.5 Å². The largest absolute Gasteiger partial charge is 0.454 e. The zero-order chi connectivity index (χ0) is 46.8. The number of ether oxygens (including phenoxy) is 2. The number of fused-ring (bicyclic) bond motifs is 2. The van der Waals surface area contributed by atoms with Gasteiger partial charge in [0.05, 0.1) is 63.0 Å². The summed E-state index contributed by atoms with van der Waals surface area (Å²) in [5.41, 5.74) is 15.1. The summed E-state index contributed by atoms with van der Waals surface area (Å²) in [5.74, 6) is -0.824. The summed E-state index contributed by atoms with van der Waals surface area (Å²) in [5, 5.41) is 18.6. The maximum absolute atomic E-state index is 14.6. The third kappa shape index (κ3) is 11.8. The first-order chi connectivity index (χ1) is 31.7. The standard InChI is InChI=1S/C23H17F4N5O2.C23H17FN6O2/c24-18-9-15(32-22(33)31-14-3-1-2-13(8-14)23(25,26)27)4-7-21(18)34-17-5-6-19-20(10-17)30-16(11-28)12-29-19;24-19-9-16(30-23(31)29-15-3-1-14(11-25)2-4-15)5-8-22(19)32-18-6-7-20-21(10-18)28-17(12-26)13-27-20/h1-10,12H,11,28H2,(H2,31,32,33);1-10,13H,12,26H2,(H2,29,30,31). The predicted octanol–water partition coefficient (Wildman–Crippen LogP) is 10.2. The van der Waals surface area contributed by atoms with E-state index >= 15 is 0 Å². The summed E-state index contributed by atoms with van der Waals surface area (Å²) in [4.78, 5) is 41.5. The number of nitriles is 1. The number of amides is 4. The lowest BCUT2D eigenvalue weighted by molar-refractivity contribution is -0.137. The quantitative estimate of drug-likeness (QED) is 0.0708. The summed E-state index contributed by atoms with van der Waals surface area (Å²) >= 11 is 0. The molecule has 0 aliphatic carbocycles. The van der Waals surface area contributed by atoms with Gasteiger partial charge in [-0.2, -0.15) is 18.4 Å². The molecule has 0 saturated carbocycles. The molecule has 0 aliphatic rings. The van der Waals surface area contributed by atoms with E-state index in [0.717, 1.165) is 24.3 Å². The Morgan fingerprint density at radius 1 is 0.576 bits per heavy atom. The minimum atomic E-state index is -4.54. The van der Waals surface area contributed by atoms with Gasteiger partial charge in [0.1, 0.15) is 11.5 Å². The Balaban J connectivity index is 0.000000197. The molecule has 6 aromatic carbocycles. The SMILES string of the molecule is N#Cc1ccc(NC(=O)Nc2ccc(Oc3ccc4ncc(CN)nc4c3)c(F)c2)cc1.NCc1cnc2ccc(Oc3ccc(NC(=O)Nc4cccc(C(F)(F)F)c4)cc3F)cc2n1. The van der Waals surface area contributed by atoms with Gasteiger partial charge in [-0.3, -0.25) is 9.97 Å². The monoisotopic (exact) mass is 899 g/mol. The van der Waals surface area contributed by atoms with E-state index in [1.165, 1.54) is 36.4 Å². The van der Waals surface area contributed by atoms with Crippen LogP contribution >= 0.6 is 0 Å². The Morgan fingerprint density at radius 3 is 1.47 bits per heavy atom. The van der Waals surface area contributed by atoms with Crippen molar-refractivity contribution in [3.05, 3.63) is 168 Å². The molecule has 0 aliphatic heterocycles. The number of benzene rings is 6. The predicted molar refractivity (Wildman–Crippen MR) is 236 cm³/mol. The number of carbonyl (C=O) groups excluding carboxylic acids is 2. The smallest absolute Gasteiger partial charge is 0.416 e. The fraction of sp³-hybridized carbons (Fsp3) is 0.0652. The van der Waals surface area contributed by atoms with Gasteiger partial charge in [-0.05, 0) is 91.0 Å². The van der Waals surface area contributed by atoms with Gasteiger partial charge < -0.3 is 42.2 Å². The molecule has 15 nitrogen and oxygen atoms in total. The Hall–Kier alpha value is -8.80. The minimum absolute atomic E-state index is 0.00895. The average Bonchev–Trinajstić information content (AvgIpc) is 3.30. The molecule has 0 bridgehead atoms. The number of hydrogen-bond donors (Lipinski definition) is 6. The van der Waals surface area contributed by atoms with Gasteiger partial charge in [-0.25, -0.2) is 28.3 Å². The van der Waals surface area contributed by atoms with Gasteiger partial charge >= 0.3 is 18.2 Å². The van der Waals surface area contributed by atoms with Crippen LogP contribution in [0.5, 0.6) is 23.0 Å². The molecular weight excluding hydrogens is 866 g/mol. The molecule has 8 rings (SSSR count). The third-order valence-electron chi connectivity index (χ3n) is 9.10. The van der Waals surface area contributed by atoms with Crippen LogP contribution in [0.2, 0.25) is 0 Å². The molecule has 2 heterocycles. The van der Waals surface area contributed by atoms with Crippen LogP contribution in [-0.2, 0) is 19.3 Å². The van der Waals surface area contributed by atoms with Crippen LogP contribution in [0.4, 0.5) is 54.3 Å². The van der Waals surface area contributed by atoms with E-state index in [2.05, 4.69) is 41.2 Å². The topological polar surface area (TPSA) is 228 Å². The van der Waals surface area contributed by atoms with Gasteiger partial charge in [-0.15, -0.1) is 0 Å². The molecule has 20 heteroatoms. The van der Waals surface area contributed by atoms with Crippen LogP contribution in [-0.4, -0.2) is 32.0 Å². The number of alkyl halides is 3. The van der Waals surface area contributed by atoms with Crippen molar-refractivity contribution >= 4 is 56.9 Å². The van der Waals surface area contributed by atoms with E-state index < -0.39 is 35.4 Å². The second kappa shape index (κ2) is 20.1. The molecule has 2 aromatic heterocycles. The van der Waals surface area contributed by atoms with E-state index in [1.807, 2.05) is 6.07 Å². The zero-order valence-electron chi connectivity index (χ0n) is 34.0. The summed E-state index contributed by atoms with van der Waals surface area (Å²) in [6.45, 7) is 0.480. The van der Waals surface area contributed by atoms with Crippen molar-refractivity contribution in [3.8, 4) is 29.1 Å². The fourth-order valence-electron chi connectivity index (χ4n) is 5.95. The zero-order valence-corrected chi connectivity index (χ0v) is 34.0. The van der Waals surface area contributed by atoms with Crippen molar-refractivity contribution in [2.75, 3.05) is 21.3 Å². The van der Waals surface area contributed by atoms with Gasteiger partial charge in [0, 0.05) is 60.1 Å². The Kier molecular flexibility index (Phi) is 13.8. The third-order valence-corrected chi connectivity index (χ3v) is 9.10. The molecule has 8 N–H and O–H groups in total. The lowest BCUT2D eigenvalue weighted by Gasteiger charge is -2.12. The second-order valence-corrected chi connectivity index (χ2v) is 13.9.